The van der Waals surface area contributed by atoms with Gasteiger partial charge in [0.25, 0.3) is 0 Å². The summed E-state index contributed by atoms with van der Waals surface area (Å²) in [5.74, 6) is 0.375. The highest BCUT2D eigenvalue weighted by Gasteiger charge is 2.15. The molecule has 0 unspecified atom stereocenters. The van der Waals surface area contributed by atoms with E-state index in [1.165, 1.54) is 12.1 Å². The normalized spacial score (nSPS) is 11.3. The first-order valence-corrected chi connectivity index (χ1v) is 10.3. The number of methoxy groups -OCH3 is 1. The van der Waals surface area contributed by atoms with E-state index in [-0.39, 0.29) is 5.82 Å². The zero-order valence-electron chi connectivity index (χ0n) is 17.5. The Morgan fingerprint density at radius 1 is 0.848 bits per heavy atom. The number of nitrogens with one attached hydrogen (secondary N) is 2. The Morgan fingerprint density at radius 2 is 1.76 bits per heavy atom. The van der Waals surface area contributed by atoms with Gasteiger partial charge in [0.05, 0.1) is 48.1 Å². The predicted octanol–water partition coefficient (Wildman–Crippen LogP) is 5.38. The van der Waals surface area contributed by atoms with Crippen LogP contribution in [0.2, 0.25) is 0 Å². The lowest BCUT2D eigenvalue weighted by Crippen LogP contribution is -1.88. The molecular weight excluding hydrogens is 419 g/mol. The zero-order valence-corrected chi connectivity index (χ0v) is 17.5. The average molecular weight is 436 g/mol. The Morgan fingerprint density at radius 3 is 2.64 bits per heavy atom. The smallest absolute Gasteiger partial charge is 0.137 e. The van der Waals surface area contributed by atoms with Gasteiger partial charge >= 0.3 is 0 Å². The molecule has 6 rings (SSSR count). The van der Waals surface area contributed by atoms with Crippen molar-refractivity contribution >= 4 is 21.8 Å². The van der Waals surface area contributed by atoms with Crippen LogP contribution in [-0.4, -0.2) is 37.2 Å². The molecule has 0 fully saturated rings. The van der Waals surface area contributed by atoms with Crippen LogP contribution in [0.1, 0.15) is 0 Å². The van der Waals surface area contributed by atoms with E-state index in [0.29, 0.717) is 5.75 Å². The second kappa shape index (κ2) is 7.52. The molecule has 0 bridgehead atoms. The molecule has 5 heterocycles. The minimum absolute atomic E-state index is 0.286. The number of hydrogen-bond donors (Lipinski definition) is 2. The second-order valence-electron chi connectivity index (χ2n) is 7.64. The van der Waals surface area contributed by atoms with Gasteiger partial charge in [0.1, 0.15) is 17.3 Å². The lowest BCUT2D eigenvalue weighted by atomic mass is 10.0. The molecule has 6 aromatic rings. The van der Waals surface area contributed by atoms with Crippen LogP contribution in [0.3, 0.4) is 0 Å². The topological polar surface area (TPSA) is 92.4 Å². The van der Waals surface area contributed by atoms with E-state index in [9.17, 15) is 4.39 Å². The maximum Gasteiger partial charge on any atom is 0.137 e. The first-order chi connectivity index (χ1) is 16.2. The summed E-state index contributed by atoms with van der Waals surface area (Å²) in [5, 5.41) is 9.43. The van der Waals surface area contributed by atoms with Crippen LogP contribution in [0, 0.1) is 5.82 Å². The van der Waals surface area contributed by atoms with Gasteiger partial charge < -0.3 is 9.72 Å². The summed E-state index contributed by atoms with van der Waals surface area (Å²) >= 11 is 0. The Balaban J connectivity index is 1.49. The van der Waals surface area contributed by atoms with Crippen molar-refractivity contribution in [2.75, 3.05) is 7.11 Å². The van der Waals surface area contributed by atoms with Gasteiger partial charge in [-0.15, -0.1) is 0 Å². The first kappa shape index (κ1) is 19.1. The number of hydrogen-bond acceptors (Lipinski definition) is 5. The van der Waals surface area contributed by atoms with E-state index in [0.717, 1.165) is 55.6 Å². The molecule has 5 aromatic heterocycles. The second-order valence-corrected chi connectivity index (χ2v) is 7.64. The number of fused-ring (bicyclic) bond motifs is 2. The third-order valence-corrected chi connectivity index (χ3v) is 5.63. The van der Waals surface area contributed by atoms with Crippen LogP contribution in [0.5, 0.6) is 5.75 Å². The molecule has 0 aliphatic rings. The van der Waals surface area contributed by atoms with Crippen LogP contribution in [0.25, 0.3) is 55.6 Å². The van der Waals surface area contributed by atoms with E-state index < -0.39 is 0 Å². The lowest BCUT2D eigenvalue weighted by Gasteiger charge is -2.04. The molecule has 0 amide bonds. The van der Waals surface area contributed by atoms with Gasteiger partial charge in [-0.1, -0.05) is 12.1 Å². The quantitative estimate of drug-likeness (QED) is 0.387. The number of benzene rings is 1. The Kier molecular flexibility index (Phi) is 4.36. The fourth-order valence-corrected chi connectivity index (χ4v) is 4.02. The summed E-state index contributed by atoms with van der Waals surface area (Å²) in [6, 6.07) is 12.4. The Hall–Kier alpha value is -4.59. The van der Waals surface area contributed by atoms with Crippen molar-refractivity contribution in [2.24, 2.45) is 0 Å². The van der Waals surface area contributed by atoms with Gasteiger partial charge in [0.2, 0.25) is 0 Å². The summed E-state index contributed by atoms with van der Waals surface area (Å²) < 4.78 is 19.1. The lowest BCUT2D eigenvalue weighted by molar-refractivity contribution is 0.413. The molecule has 160 valence electrons. The van der Waals surface area contributed by atoms with Crippen LogP contribution in [0.4, 0.5) is 4.39 Å². The van der Waals surface area contributed by atoms with E-state index in [1.54, 1.807) is 44.2 Å². The number of H-pyrrole nitrogens is 2. The van der Waals surface area contributed by atoms with Gasteiger partial charge in [-0.3, -0.25) is 20.1 Å². The highest BCUT2D eigenvalue weighted by atomic mass is 19.1. The molecule has 8 heteroatoms. The fourth-order valence-electron chi connectivity index (χ4n) is 4.02. The van der Waals surface area contributed by atoms with Gasteiger partial charge in [-0.2, -0.15) is 5.10 Å². The van der Waals surface area contributed by atoms with Gasteiger partial charge in [-0.05, 0) is 35.9 Å². The molecule has 0 aliphatic carbocycles. The third-order valence-electron chi connectivity index (χ3n) is 5.63. The van der Waals surface area contributed by atoms with Crippen molar-refractivity contribution < 1.29 is 9.13 Å². The van der Waals surface area contributed by atoms with Crippen molar-refractivity contribution in [3.63, 3.8) is 0 Å². The average Bonchev–Trinajstić information content (AvgIpc) is 3.47. The number of nitrogens with zero attached hydrogens (tertiary/aromatic N) is 4. The Bertz CT molecular complexity index is 1640. The molecule has 7 nitrogen and oxygen atoms in total. The molecule has 0 saturated carbocycles. The molecule has 0 saturated heterocycles. The molecule has 0 radical (unpaired) electrons. The van der Waals surface area contributed by atoms with Crippen LogP contribution >= 0.6 is 0 Å². The summed E-state index contributed by atoms with van der Waals surface area (Å²) in [6.45, 7) is 0. The van der Waals surface area contributed by atoms with Crippen molar-refractivity contribution in [3.8, 4) is 39.5 Å². The summed E-state index contributed by atoms with van der Waals surface area (Å²) in [5.41, 5.74) is 6.45. The number of pyridine rings is 3. The van der Waals surface area contributed by atoms with E-state index in [1.807, 2.05) is 24.3 Å². The minimum Gasteiger partial charge on any atom is -0.495 e. The molecular formula is C25H17FN6O. The molecule has 0 atom stereocenters. The largest absolute Gasteiger partial charge is 0.495 e. The molecule has 0 spiro atoms. The SMILES string of the molecule is COc1cncc(-c2cc3c(-c4cc5c(-c6cccc(F)c6)cncc5[nH]4)n[nH]c3cn2)c1. The van der Waals surface area contributed by atoms with Crippen molar-refractivity contribution in [1.29, 1.82) is 0 Å². The molecule has 2 N–H and O–H groups in total. The summed E-state index contributed by atoms with van der Waals surface area (Å²) in [7, 11) is 1.61. The van der Waals surface area contributed by atoms with E-state index in [4.69, 9.17) is 4.74 Å². The summed E-state index contributed by atoms with van der Waals surface area (Å²) in [6.07, 6.45) is 8.65. The molecule has 0 aliphatic heterocycles. The maximum absolute atomic E-state index is 13.8. The standard InChI is InChI=1S/C25H17FN6O/c1-33-17-6-15(9-27-10-17)21-8-19-24(13-29-21)31-32-25(19)22-7-18-20(11-28-12-23(18)30-22)14-3-2-4-16(26)5-14/h2-13,30H,1H3,(H,31,32). The van der Waals surface area contributed by atoms with E-state index >= 15 is 0 Å². The highest BCUT2D eigenvalue weighted by molar-refractivity contribution is 6.01. The van der Waals surface area contributed by atoms with Crippen molar-refractivity contribution in [3.05, 3.63) is 79.3 Å². The van der Waals surface area contributed by atoms with Gasteiger partial charge in [0.15, 0.2) is 0 Å². The fraction of sp³-hybridized carbons (Fsp3) is 0.0400. The highest BCUT2D eigenvalue weighted by Crippen LogP contribution is 2.34. The third kappa shape index (κ3) is 3.28. The van der Waals surface area contributed by atoms with Crippen molar-refractivity contribution in [2.45, 2.75) is 0 Å². The molecule has 33 heavy (non-hydrogen) atoms. The number of ether oxygens (including phenoxy) is 1. The maximum atomic E-state index is 13.8. The number of aromatic amines is 2. The number of halogens is 1. The predicted molar refractivity (Wildman–Crippen MR) is 124 cm³/mol. The van der Waals surface area contributed by atoms with Gasteiger partial charge in [0, 0.05) is 34.3 Å². The monoisotopic (exact) mass is 436 g/mol. The van der Waals surface area contributed by atoms with Crippen LogP contribution in [-0.2, 0) is 0 Å². The first-order valence-electron chi connectivity index (χ1n) is 10.3. The van der Waals surface area contributed by atoms with E-state index in [2.05, 4.69) is 30.1 Å². The van der Waals surface area contributed by atoms with Crippen molar-refractivity contribution in [1.82, 2.24) is 30.1 Å². The number of aromatic nitrogens is 6. The van der Waals surface area contributed by atoms with Crippen LogP contribution < -0.4 is 4.74 Å². The van der Waals surface area contributed by atoms with Crippen LogP contribution in [0.15, 0.2) is 73.4 Å². The summed E-state index contributed by atoms with van der Waals surface area (Å²) in [4.78, 5) is 16.5. The van der Waals surface area contributed by atoms with Gasteiger partial charge in [-0.25, -0.2) is 4.39 Å². The number of rotatable bonds is 4. The zero-order chi connectivity index (χ0) is 22.4. The Labute approximate surface area is 187 Å². The molecule has 1 aromatic carbocycles. The minimum atomic E-state index is -0.286.